The van der Waals surface area contributed by atoms with Crippen LogP contribution in [0.2, 0.25) is 0 Å². The van der Waals surface area contributed by atoms with Crippen molar-refractivity contribution >= 4 is 5.91 Å². The number of nitrogens with zero attached hydrogens (tertiary/aromatic N) is 1. The lowest BCUT2D eigenvalue weighted by molar-refractivity contribution is -0.141. The van der Waals surface area contributed by atoms with Crippen LogP contribution < -0.4 is 5.73 Å². The van der Waals surface area contributed by atoms with E-state index in [9.17, 15) is 4.79 Å². The Balaban J connectivity index is 1.77. The number of fused-ring (bicyclic) bond motifs is 1. The fourth-order valence-electron chi connectivity index (χ4n) is 3.82. The lowest BCUT2D eigenvalue weighted by Crippen LogP contribution is -2.45. The molecule has 1 aromatic carbocycles. The Hall–Kier alpha value is -1.35. The van der Waals surface area contributed by atoms with E-state index in [0.29, 0.717) is 12.5 Å². The molecule has 2 atom stereocenters. The molecule has 1 aliphatic heterocycles. The first-order valence-electron chi connectivity index (χ1n) is 8.02. The van der Waals surface area contributed by atoms with Crippen LogP contribution in [-0.2, 0) is 17.6 Å². The summed E-state index contributed by atoms with van der Waals surface area (Å²) in [6.07, 6.45) is 3.87. The monoisotopic (exact) mass is 286 g/mol. The molecule has 1 fully saturated rings. The molecule has 2 unspecified atom stereocenters. The van der Waals surface area contributed by atoms with E-state index in [-0.39, 0.29) is 10.8 Å². The van der Waals surface area contributed by atoms with Gasteiger partial charge in [0.25, 0.3) is 0 Å². The molecule has 0 spiro atoms. The van der Waals surface area contributed by atoms with Gasteiger partial charge in [0.15, 0.2) is 0 Å². The molecule has 1 aliphatic carbocycles. The van der Waals surface area contributed by atoms with Crippen LogP contribution in [0.15, 0.2) is 24.3 Å². The standard InChI is InChI=1S/C18H26N2O/c1-17(12-19)9-10-20(13-17)16(21)18(2)8-7-14-5-3-4-6-15(14)11-18/h3-6H,7-13,19H2,1-2H3. The maximum Gasteiger partial charge on any atom is 0.228 e. The SMILES string of the molecule is CC1(CN)CCN(C(=O)C2(C)CCc3ccccc3C2)C1. The molecule has 0 radical (unpaired) electrons. The minimum Gasteiger partial charge on any atom is -0.342 e. The Morgan fingerprint density at radius 3 is 2.62 bits per heavy atom. The van der Waals surface area contributed by atoms with Crippen LogP contribution in [0.4, 0.5) is 0 Å². The maximum absolute atomic E-state index is 13.0. The zero-order chi connectivity index (χ0) is 15.1. The lowest BCUT2D eigenvalue weighted by Gasteiger charge is -2.37. The van der Waals surface area contributed by atoms with Gasteiger partial charge in [-0.15, -0.1) is 0 Å². The largest absolute Gasteiger partial charge is 0.342 e. The van der Waals surface area contributed by atoms with Crippen LogP contribution >= 0.6 is 0 Å². The van der Waals surface area contributed by atoms with Crippen molar-refractivity contribution in [2.75, 3.05) is 19.6 Å². The van der Waals surface area contributed by atoms with Crippen LogP contribution in [-0.4, -0.2) is 30.4 Å². The summed E-state index contributed by atoms with van der Waals surface area (Å²) in [5, 5.41) is 0. The minimum atomic E-state index is -0.242. The van der Waals surface area contributed by atoms with Crippen molar-refractivity contribution in [2.24, 2.45) is 16.6 Å². The number of carbonyl (C=O) groups excluding carboxylic acids is 1. The highest BCUT2D eigenvalue weighted by molar-refractivity contribution is 5.83. The van der Waals surface area contributed by atoms with Gasteiger partial charge >= 0.3 is 0 Å². The number of hydrogen-bond donors (Lipinski definition) is 1. The zero-order valence-corrected chi connectivity index (χ0v) is 13.2. The molecule has 2 N–H and O–H groups in total. The summed E-state index contributed by atoms with van der Waals surface area (Å²) in [7, 11) is 0. The Kier molecular flexibility index (Phi) is 3.56. The van der Waals surface area contributed by atoms with Gasteiger partial charge in [0.05, 0.1) is 5.41 Å². The maximum atomic E-state index is 13.0. The molecule has 3 nitrogen and oxygen atoms in total. The van der Waals surface area contributed by atoms with Crippen molar-refractivity contribution in [2.45, 2.75) is 39.5 Å². The number of nitrogens with two attached hydrogens (primary N) is 1. The van der Waals surface area contributed by atoms with Gasteiger partial charge in [0, 0.05) is 13.1 Å². The summed E-state index contributed by atoms with van der Waals surface area (Å²) in [5.74, 6) is 0.328. The highest BCUT2D eigenvalue weighted by Crippen LogP contribution is 2.39. The number of rotatable bonds is 2. The van der Waals surface area contributed by atoms with E-state index in [2.05, 4.69) is 43.0 Å². The molecule has 2 aliphatic rings. The molecular weight excluding hydrogens is 260 g/mol. The van der Waals surface area contributed by atoms with Crippen LogP contribution in [0.3, 0.4) is 0 Å². The average Bonchev–Trinajstić information content (AvgIpc) is 2.89. The summed E-state index contributed by atoms with van der Waals surface area (Å²) in [4.78, 5) is 15.1. The van der Waals surface area contributed by atoms with Gasteiger partial charge in [-0.1, -0.05) is 38.1 Å². The summed E-state index contributed by atoms with van der Waals surface area (Å²) in [6.45, 7) is 6.68. The predicted octanol–water partition coefficient (Wildman–Crippen LogP) is 2.38. The normalized spacial score (nSPS) is 32.0. The highest BCUT2D eigenvalue weighted by Gasteiger charge is 2.43. The number of likely N-dealkylation sites (tertiary alicyclic amines) is 1. The van der Waals surface area contributed by atoms with Gasteiger partial charge in [-0.3, -0.25) is 4.79 Å². The minimum absolute atomic E-state index is 0.110. The van der Waals surface area contributed by atoms with Gasteiger partial charge in [-0.25, -0.2) is 0 Å². The zero-order valence-electron chi connectivity index (χ0n) is 13.2. The summed E-state index contributed by atoms with van der Waals surface area (Å²) >= 11 is 0. The molecular formula is C18H26N2O. The fourth-order valence-corrected chi connectivity index (χ4v) is 3.82. The predicted molar refractivity (Wildman–Crippen MR) is 84.9 cm³/mol. The smallest absolute Gasteiger partial charge is 0.228 e. The van der Waals surface area contributed by atoms with Crippen molar-refractivity contribution < 1.29 is 4.79 Å². The first-order valence-corrected chi connectivity index (χ1v) is 8.02. The third kappa shape index (κ3) is 2.59. The second-order valence-electron chi connectivity index (χ2n) is 7.50. The molecule has 1 heterocycles. The number of amides is 1. The van der Waals surface area contributed by atoms with Crippen molar-refractivity contribution in [1.82, 2.24) is 4.90 Å². The van der Waals surface area contributed by atoms with E-state index in [4.69, 9.17) is 5.73 Å². The van der Waals surface area contributed by atoms with Crippen LogP contribution in [0, 0.1) is 10.8 Å². The number of carbonyl (C=O) groups is 1. The van der Waals surface area contributed by atoms with Crippen molar-refractivity contribution in [3.8, 4) is 0 Å². The molecule has 0 saturated carbocycles. The molecule has 3 rings (SSSR count). The van der Waals surface area contributed by atoms with Crippen LogP contribution in [0.5, 0.6) is 0 Å². The van der Waals surface area contributed by atoms with Gasteiger partial charge in [0.2, 0.25) is 5.91 Å². The molecule has 114 valence electrons. The number of benzene rings is 1. The summed E-state index contributed by atoms with van der Waals surface area (Å²) in [6, 6.07) is 8.54. The van der Waals surface area contributed by atoms with Crippen molar-refractivity contribution in [3.05, 3.63) is 35.4 Å². The number of hydrogen-bond acceptors (Lipinski definition) is 2. The Morgan fingerprint density at radius 1 is 1.24 bits per heavy atom. The van der Waals surface area contributed by atoms with E-state index >= 15 is 0 Å². The lowest BCUT2D eigenvalue weighted by atomic mass is 9.72. The van der Waals surface area contributed by atoms with E-state index in [1.807, 2.05) is 0 Å². The molecule has 0 bridgehead atoms. The van der Waals surface area contributed by atoms with E-state index in [1.54, 1.807) is 0 Å². The topological polar surface area (TPSA) is 46.3 Å². The second-order valence-corrected chi connectivity index (χ2v) is 7.50. The van der Waals surface area contributed by atoms with Crippen molar-refractivity contribution in [3.63, 3.8) is 0 Å². The average molecular weight is 286 g/mol. The third-order valence-electron chi connectivity index (χ3n) is 5.50. The molecule has 1 saturated heterocycles. The van der Waals surface area contributed by atoms with Crippen LogP contribution in [0.1, 0.15) is 37.8 Å². The van der Waals surface area contributed by atoms with E-state index in [0.717, 1.165) is 38.8 Å². The third-order valence-corrected chi connectivity index (χ3v) is 5.50. The molecule has 1 aromatic rings. The first-order chi connectivity index (χ1) is 9.96. The molecule has 3 heteroatoms. The van der Waals surface area contributed by atoms with Crippen LogP contribution in [0.25, 0.3) is 0 Å². The Bertz CT molecular complexity index is 556. The number of aryl methyl sites for hydroxylation is 1. The van der Waals surface area contributed by atoms with Crippen molar-refractivity contribution in [1.29, 1.82) is 0 Å². The molecule has 0 aromatic heterocycles. The van der Waals surface area contributed by atoms with E-state index in [1.165, 1.54) is 11.1 Å². The Morgan fingerprint density at radius 2 is 1.95 bits per heavy atom. The fraction of sp³-hybridized carbons (Fsp3) is 0.611. The van der Waals surface area contributed by atoms with Gasteiger partial charge < -0.3 is 10.6 Å². The second kappa shape index (κ2) is 5.13. The Labute approximate surface area is 127 Å². The molecule has 21 heavy (non-hydrogen) atoms. The highest BCUT2D eigenvalue weighted by atomic mass is 16.2. The summed E-state index contributed by atoms with van der Waals surface area (Å²) in [5.41, 5.74) is 8.50. The first kappa shape index (κ1) is 14.6. The quantitative estimate of drug-likeness (QED) is 0.907. The van der Waals surface area contributed by atoms with Gasteiger partial charge in [-0.2, -0.15) is 0 Å². The summed E-state index contributed by atoms with van der Waals surface area (Å²) < 4.78 is 0. The van der Waals surface area contributed by atoms with Gasteiger partial charge in [0.1, 0.15) is 0 Å². The van der Waals surface area contributed by atoms with Gasteiger partial charge in [-0.05, 0) is 48.8 Å². The van der Waals surface area contributed by atoms with E-state index < -0.39 is 0 Å². The molecule has 1 amide bonds.